The smallest absolute Gasteiger partial charge is 0.325 e. The van der Waals surface area contributed by atoms with Gasteiger partial charge < -0.3 is 15.5 Å². The molecule has 0 fully saturated rings. The molecule has 0 bridgehead atoms. The van der Waals surface area contributed by atoms with Crippen LogP contribution in [0.3, 0.4) is 0 Å². The van der Waals surface area contributed by atoms with Crippen LogP contribution in [0.1, 0.15) is 33.3 Å². The Kier molecular flexibility index (Phi) is 4.42. The van der Waals surface area contributed by atoms with Gasteiger partial charge in [0.05, 0.1) is 11.9 Å². The number of carbonyl (C=O) groups is 1. The number of nitrogens with zero attached hydrogens (tertiary/aromatic N) is 1. The molecule has 0 spiro atoms. The van der Waals surface area contributed by atoms with E-state index in [-0.39, 0.29) is 12.5 Å². The van der Waals surface area contributed by atoms with Crippen molar-refractivity contribution in [1.82, 2.24) is 4.98 Å². The fourth-order valence-corrected chi connectivity index (χ4v) is 1.41. The average molecular weight is 249 g/mol. The summed E-state index contributed by atoms with van der Waals surface area (Å²) in [5.41, 5.74) is 1.32. The molecule has 5 nitrogen and oxygen atoms in total. The third-order valence-electron chi connectivity index (χ3n) is 2.07. The molecule has 1 aromatic rings. The largest absolute Gasteiger partial charge is 0.459 e. The first kappa shape index (κ1) is 14.2. The number of hydrogen-bond acceptors (Lipinski definition) is 5. The Balaban J connectivity index is 2.64. The van der Waals surface area contributed by atoms with Crippen LogP contribution in [0.2, 0.25) is 0 Å². The summed E-state index contributed by atoms with van der Waals surface area (Å²) in [7, 11) is 0. The van der Waals surface area contributed by atoms with Crippen LogP contribution in [0.15, 0.2) is 18.5 Å². The Hall–Kier alpha value is -1.91. The van der Waals surface area contributed by atoms with Crippen molar-refractivity contribution in [2.45, 2.75) is 33.3 Å². The van der Waals surface area contributed by atoms with Crippen LogP contribution in [0.4, 0.5) is 5.69 Å². The predicted molar refractivity (Wildman–Crippen MR) is 71.1 cm³/mol. The van der Waals surface area contributed by atoms with E-state index in [1.54, 1.807) is 25.4 Å². The minimum Gasteiger partial charge on any atom is -0.459 e. The van der Waals surface area contributed by atoms with Crippen molar-refractivity contribution < 1.29 is 9.53 Å². The Labute approximate surface area is 107 Å². The zero-order chi connectivity index (χ0) is 13.8. The number of anilines is 1. The number of pyridine rings is 1. The van der Waals surface area contributed by atoms with Gasteiger partial charge in [0, 0.05) is 17.5 Å². The SMILES string of the molecule is CC(=N)c1ccncc1NCC(=O)OC(C)(C)C. The Morgan fingerprint density at radius 2 is 2.17 bits per heavy atom. The minimum absolute atomic E-state index is 0.0588. The lowest BCUT2D eigenvalue weighted by atomic mass is 10.1. The number of ether oxygens (including phenoxy) is 1. The average Bonchev–Trinajstić information content (AvgIpc) is 2.24. The van der Waals surface area contributed by atoms with Crippen molar-refractivity contribution in [1.29, 1.82) is 5.41 Å². The number of rotatable bonds is 4. The summed E-state index contributed by atoms with van der Waals surface area (Å²) < 4.78 is 5.18. The Morgan fingerprint density at radius 1 is 1.50 bits per heavy atom. The fraction of sp³-hybridized carbons (Fsp3) is 0.462. The van der Waals surface area contributed by atoms with E-state index in [0.717, 1.165) is 5.56 Å². The molecule has 0 aliphatic heterocycles. The lowest BCUT2D eigenvalue weighted by Crippen LogP contribution is -2.28. The lowest BCUT2D eigenvalue weighted by Gasteiger charge is -2.20. The maximum Gasteiger partial charge on any atom is 0.325 e. The van der Waals surface area contributed by atoms with Crippen LogP contribution >= 0.6 is 0 Å². The van der Waals surface area contributed by atoms with Gasteiger partial charge in [-0.1, -0.05) is 0 Å². The Bertz CT molecular complexity index is 450. The van der Waals surface area contributed by atoms with Crippen LogP contribution in [-0.4, -0.2) is 28.8 Å². The van der Waals surface area contributed by atoms with Gasteiger partial charge in [-0.3, -0.25) is 9.78 Å². The van der Waals surface area contributed by atoms with Crippen LogP contribution in [0.25, 0.3) is 0 Å². The van der Waals surface area contributed by atoms with E-state index >= 15 is 0 Å². The molecule has 0 aromatic carbocycles. The lowest BCUT2D eigenvalue weighted by molar-refractivity contribution is -0.152. The van der Waals surface area contributed by atoms with Crippen molar-refractivity contribution in [3.8, 4) is 0 Å². The van der Waals surface area contributed by atoms with Crippen molar-refractivity contribution in [3.63, 3.8) is 0 Å². The number of nitrogens with one attached hydrogen (secondary N) is 2. The van der Waals surface area contributed by atoms with E-state index < -0.39 is 5.60 Å². The highest BCUT2D eigenvalue weighted by molar-refractivity contribution is 6.01. The van der Waals surface area contributed by atoms with E-state index in [4.69, 9.17) is 10.1 Å². The first-order chi connectivity index (χ1) is 8.29. The van der Waals surface area contributed by atoms with Gasteiger partial charge in [0.2, 0.25) is 0 Å². The van der Waals surface area contributed by atoms with Gasteiger partial charge in [0.25, 0.3) is 0 Å². The molecule has 0 saturated carbocycles. The van der Waals surface area contributed by atoms with Crippen LogP contribution in [0.5, 0.6) is 0 Å². The third-order valence-corrected chi connectivity index (χ3v) is 2.07. The van der Waals surface area contributed by atoms with E-state index in [0.29, 0.717) is 11.4 Å². The molecule has 1 rings (SSSR count). The van der Waals surface area contributed by atoms with Crippen LogP contribution < -0.4 is 5.32 Å². The van der Waals surface area contributed by atoms with E-state index in [2.05, 4.69) is 10.3 Å². The van der Waals surface area contributed by atoms with Gasteiger partial charge in [-0.05, 0) is 33.8 Å². The molecule has 0 unspecified atom stereocenters. The topological polar surface area (TPSA) is 75.1 Å². The maximum absolute atomic E-state index is 11.6. The number of hydrogen-bond donors (Lipinski definition) is 2. The van der Waals surface area contributed by atoms with Gasteiger partial charge >= 0.3 is 5.97 Å². The summed E-state index contributed by atoms with van der Waals surface area (Å²) in [6.07, 6.45) is 3.21. The highest BCUT2D eigenvalue weighted by Gasteiger charge is 2.16. The standard InChI is InChI=1S/C13H19N3O2/c1-9(14)10-5-6-15-7-11(10)16-8-12(17)18-13(2,3)4/h5-7,14,16H,8H2,1-4H3. The zero-order valence-electron chi connectivity index (χ0n) is 11.2. The fourth-order valence-electron chi connectivity index (χ4n) is 1.41. The molecule has 0 saturated heterocycles. The molecule has 1 aromatic heterocycles. The normalized spacial score (nSPS) is 10.9. The van der Waals surface area contributed by atoms with Crippen molar-refractivity contribution in [2.24, 2.45) is 0 Å². The number of carbonyl (C=O) groups excluding carboxylic acids is 1. The molecule has 5 heteroatoms. The van der Waals surface area contributed by atoms with Crippen LogP contribution in [-0.2, 0) is 9.53 Å². The maximum atomic E-state index is 11.6. The molecule has 0 aliphatic rings. The van der Waals surface area contributed by atoms with Gasteiger partial charge in [-0.25, -0.2) is 0 Å². The second-order valence-electron chi connectivity index (χ2n) is 4.99. The highest BCUT2D eigenvalue weighted by Crippen LogP contribution is 2.14. The third kappa shape index (κ3) is 4.53. The monoisotopic (exact) mass is 249 g/mol. The quantitative estimate of drug-likeness (QED) is 0.633. The summed E-state index contributed by atoms with van der Waals surface area (Å²) in [5, 5.41) is 10.6. The highest BCUT2D eigenvalue weighted by atomic mass is 16.6. The molecule has 0 atom stereocenters. The molecule has 2 N–H and O–H groups in total. The summed E-state index contributed by atoms with van der Waals surface area (Å²) >= 11 is 0. The second kappa shape index (κ2) is 5.62. The van der Waals surface area contributed by atoms with Gasteiger partial charge in [0.1, 0.15) is 12.1 Å². The van der Waals surface area contributed by atoms with Gasteiger partial charge in [-0.2, -0.15) is 0 Å². The summed E-state index contributed by atoms with van der Waals surface area (Å²) in [5.74, 6) is -0.333. The zero-order valence-corrected chi connectivity index (χ0v) is 11.2. The van der Waals surface area contributed by atoms with Crippen LogP contribution in [0, 0.1) is 5.41 Å². The predicted octanol–water partition coefficient (Wildman–Crippen LogP) is 2.22. The first-order valence-corrected chi connectivity index (χ1v) is 5.75. The summed E-state index contributed by atoms with van der Waals surface area (Å²) in [6.45, 7) is 7.21. The number of aromatic nitrogens is 1. The van der Waals surface area contributed by atoms with Crippen molar-refractivity contribution in [2.75, 3.05) is 11.9 Å². The molecular formula is C13H19N3O2. The molecule has 0 radical (unpaired) electrons. The van der Waals surface area contributed by atoms with Gasteiger partial charge in [-0.15, -0.1) is 0 Å². The molecule has 0 amide bonds. The molecule has 18 heavy (non-hydrogen) atoms. The van der Waals surface area contributed by atoms with E-state index in [1.165, 1.54) is 0 Å². The molecule has 1 heterocycles. The van der Waals surface area contributed by atoms with E-state index in [9.17, 15) is 4.79 Å². The van der Waals surface area contributed by atoms with Crippen molar-refractivity contribution >= 4 is 17.4 Å². The second-order valence-corrected chi connectivity index (χ2v) is 4.99. The first-order valence-electron chi connectivity index (χ1n) is 5.75. The summed E-state index contributed by atoms with van der Waals surface area (Å²) in [4.78, 5) is 15.5. The molecule has 98 valence electrons. The molecular weight excluding hydrogens is 230 g/mol. The molecule has 0 aliphatic carbocycles. The minimum atomic E-state index is -0.492. The Morgan fingerprint density at radius 3 is 2.72 bits per heavy atom. The van der Waals surface area contributed by atoms with Gasteiger partial charge in [0.15, 0.2) is 0 Å². The van der Waals surface area contributed by atoms with Crippen molar-refractivity contribution in [3.05, 3.63) is 24.0 Å². The summed E-state index contributed by atoms with van der Waals surface area (Å²) in [6, 6.07) is 1.74. The van der Waals surface area contributed by atoms with E-state index in [1.807, 2.05) is 20.8 Å². The number of esters is 1.